The summed E-state index contributed by atoms with van der Waals surface area (Å²) in [6, 6.07) is 3.91. The molecule has 1 aliphatic heterocycles. The Morgan fingerprint density at radius 1 is 1.46 bits per heavy atom. The first-order chi connectivity index (χ1) is 11.4. The lowest BCUT2D eigenvalue weighted by molar-refractivity contribution is -0.128. The highest BCUT2D eigenvalue weighted by atomic mass is 32.1. The summed E-state index contributed by atoms with van der Waals surface area (Å²) in [5.41, 5.74) is 8.67. The largest absolute Gasteiger partial charge is 0.369 e. The number of rotatable bonds is 2. The van der Waals surface area contributed by atoms with Gasteiger partial charge in [-0.25, -0.2) is 4.99 Å². The first-order valence-electron chi connectivity index (χ1n) is 7.41. The summed E-state index contributed by atoms with van der Waals surface area (Å²) in [7, 11) is 1.63. The number of thiophene rings is 1. The molecule has 2 aromatic rings. The van der Waals surface area contributed by atoms with Crippen LogP contribution in [0.5, 0.6) is 0 Å². The summed E-state index contributed by atoms with van der Waals surface area (Å²) in [5, 5.41) is 11.1. The third-order valence-electron chi connectivity index (χ3n) is 4.28. The van der Waals surface area contributed by atoms with Gasteiger partial charge in [-0.15, -0.1) is 11.3 Å². The van der Waals surface area contributed by atoms with E-state index in [0.29, 0.717) is 5.56 Å². The average Bonchev–Trinajstić information content (AvgIpc) is 2.95. The molecule has 6 nitrogen and oxygen atoms in total. The fourth-order valence-electron chi connectivity index (χ4n) is 2.92. The van der Waals surface area contributed by atoms with Crippen molar-refractivity contribution in [2.75, 3.05) is 7.05 Å². The smallest absolute Gasteiger partial charge is 0.231 e. The number of carbonyl (C=O) groups excluding carboxylic acids is 1. The van der Waals surface area contributed by atoms with E-state index in [1.807, 2.05) is 25.3 Å². The summed E-state index contributed by atoms with van der Waals surface area (Å²) < 4.78 is 0. The lowest BCUT2D eigenvalue weighted by atomic mass is 9.90. The van der Waals surface area contributed by atoms with Crippen molar-refractivity contribution in [3.63, 3.8) is 0 Å². The summed E-state index contributed by atoms with van der Waals surface area (Å²) in [6.07, 6.45) is 3.55. The molecule has 0 spiro atoms. The number of nitriles is 1. The van der Waals surface area contributed by atoms with Crippen LogP contribution in [0.3, 0.4) is 0 Å². The summed E-state index contributed by atoms with van der Waals surface area (Å²) >= 11 is 1.55. The molecule has 24 heavy (non-hydrogen) atoms. The van der Waals surface area contributed by atoms with Crippen molar-refractivity contribution in [3.8, 4) is 17.2 Å². The lowest BCUT2D eigenvalue weighted by Crippen LogP contribution is -2.47. The summed E-state index contributed by atoms with van der Waals surface area (Å²) in [4.78, 5) is 23.3. The Kier molecular flexibility index (Phi) is 3.85. The molecule has 0 saturated carbocycles. The number of nitrogens with two attached hydrogens (primary N) is 1. The van der Waals surface area contributed by atoms with E-state index in [4.69, 9.17) is 11.0 Å². The number of aliphatic imine (C=N–C) groups is 1. The van der Waals surface area contributed by atoms with Crippen LogP contribution >= 0.6 is 11.3 Å². The van der Waals surface area contributed by atoms with E-state index in [1.165, 1.54) is 11.1 Å². The van der Waals surface area contributed by atoms with E-state index in [1.54, 1.807) is 24.6 Å². The normalized spacial score (nSPS) is 20.7. The number of aromatic nitrogens is 1. The third-order valence-corrected chi connectivity index (χ3v) is 5.62. The molecule has 0 unspecified atom stereocenters. The highest BCUT2D eigenvalue weighted by molar-refractivity contribution is 7.10. The highest BCUT2D eigenvalue weighted by Crippen LogP contribution is 2.42. The van der Waals surface area contributed by atoms with Gasteiger partial charge in [-0.05, 0) is 36.4 Å². The van der Waals surface area contributed by atoms with Crippen LogP contribution in [-0.2, 0) is 10.3 Å². The van der Waals surface area contributed by atoms with Gasteiger partial charge >= 0.3 is 0 Å². The fourth-order valence-corrected chi connectivity index (χ4v) is 4.13. The Morgan fingerprint density at radius 3 is 2.88 bits per heavy atom. The minimum atomic E-state index is -0.666. The number of guanidine groups is 1. The molecule has 0 fully saturated rings. The topological polar surface area (TPSA) is 95.4 Å². The summed E-state index contributed by atoms with van der Waals surface area (Å²) in [5.74, 6) is 0.184. The van der Waals surface area contributed by atoms with E-state index in [-0.39, 0.29) is 18.3 Å². The van der Waals surface area contributed by atoms with Crippen LogP contribution in [-0.4, -0.2) is 28.8 Å². The molecule has 1 amide bonds. The van der Waals surface area contributed by atoms with Gasteiger partial charge in [0, 0.05) is 29.9 Å². The van der Waals surface area contributed by atoms with Crippen molar-refractivity contribution in [1.29, 1.82) is 5.26 Å². The van der Waals surface area contributed by atoms with Crippen LogP contribution in [0, 0.1) is 18.3 Å². The monoisotopic (exact) mass is 339 g/mol. The molecule has 7 heteroatoms. The molecule has 3 rings (SSSR count). The number of carbonyl (C=O) groups is 1. The van der Waals surface area contributed by atoms with Crippen molar-refractivity contribution >= 4 is 23.2 Å². The zero-order valence-corrected chi connectivity index (χ0v) is 14.5. The third kappa shape index (κ3) is 2.55. The van der Waals surface area contributed by atoms with Gasteiger partial charge in [0.15, 0.2) is 5.96 Å². The quantitative estimate of drug-likeness (QED) is 0.908. The molecule has 2 N–H and O–H groups in total. The molecule has 0 bridgehead atoms. The maximum atomic E-state index is 12.2. The van der Waals surface area contributed by atoms with Gasteiger partial charge in [-0.1, -0.05) is 0 Å². The molecule has 2 aromatic heterocycles. The van der Waals surface area contributed by atoms with Crippen molar-refractivity contribution in [2.24, 2.45) is 10.7 Å². The van der Waals surface area contributed by atoms with Gasteiger partial charge < -0.3 is 5.73 Å². The first kappa shape index (κ1) is 16.1. The van der Waals surface area contributed by atoms with Crippen LogP contribution in [0.25, 0.3) is 11.1 Å². The minimum absolute atomic E-state index is 0.0486. The Morgan fingerprint density at radius 2 is 2.21 bits per heavy atom. The first-order valence-corrected chi connectivity index (χ1v) is 8.29. The Balaban J connectivity index is 2.08. The molecular weight excluding hydrogens is 322 g/mol. The van der Waals surface area contributed by atoms with Crippen molar-refractivity contribution in [3.05, 3.63) is 39.8 Å². The van der Waals surface area contributed by atoms with Gasteiger partial charge in [0.05, 0.1) is 12.0 Å². The van der Waals surface area contributed by atoms with Gasteiger partial charge in [-0.3, -0.25) is 14.7 Å². The standard InChI is InChI=1S/C17H17N5OS/c1-10-13(12-4-11(6-18)7-20-8-12)9-24-15(10)17(2)5-14(23)22(3)16(19)21-17/h4,7-9H,5H2,1-3H3,(H2,19,21)/t17-/m0/s1. The predicted octanol–water partition coefficient (Wildman–Crippen LogP) is 2.38. The van der Waals surface area contributed by atoms with Crippen molar-refractivity contribution in [1.82, 2.24) is 9.88 Å². The van der Waals surface area contributed by atoms with Crippen LogP contribution < -0.4 is 5.73 Å². The average molecular weight is 339 g/mol. The molecule has 0 radical (unpaired) electrons. The number of nitrogens with zero attached hydrogens (tertiary/aromatic N) is 4. The SMILES string of the molecule is Cc1c(-c2cncc(C#N)c2)csc1[C@]1(C)CC(=O)N(C)C(N)=N1. The lowest BCUT2D eigenvalue weighted by Gasteiger charge is -2.33. The second kappa shape index (κ2) is 5.73. The predicted molar refractivity (Wildman–Crippen MR) is 93.4 cm³/mol. The number of hydrogen-bond donors (Lipinski definition) is 1. The Labute approximate surface area is 144 Å². The van der Waals surface area contributed by atoms with E-state index >= 15 is 0 Å². The number of hydrogen-bond acceptors (Lipinski definition) is 6. The second-order valence-corrected chi connectivity index (χ2v) is 6.93. The minimum Gasteiger partial charge on any atom is -0.369 e. The molecule has 0 aliphatic carbocycles. The van der Waals surface area contributed by atoms with Crippen LogP contribution in [0.15, 0.2) is 28.8 Å². The van der Waals surface area contributed by atoms with Crippen LogP contribution in [0.4, 0.5) is 0 Å². The maximum Gasteiger partial charge on any atom is 0.231 e. The highest BCUT2D eigenvalue weighted by Gasteiger charge is 2.38. The van der Waals surface area contributed by atoms with Crippen molar-refractivity contribution < 1.29 is 4.79 Å². The molecule has 122 valence electrons. The van der Waals surface area contributed by atoms with Crippen LogP contribution in [0.1, 0.15) is 29.3 Å². The Bertz CT molecular complexity index is 895. The van der Waals surface area contributed by atoms with Gasteiger partial charge in [0.25, 0.3) is 0 Å². The van der Waals surface area contributed by atoms with Crippen molar-refractivity contribution in [2.45, 2.75) is 25.8 Å². The molecule has 0 saturated heterocycles. The van der Waals surface area contributed by atoms with E-state index in [2.05, 4.69) is 16.0 Å². The summed E-state index contributed by atoms with van der Waals surface area (Å²) in [6.45, 7) is 3.93. The zero-order valence-electron chi connectivity index (χ0n) is 13.7. The number of pyridine rings is 1. The molecule has 1 atom stereocenters. The zero-order chi connectivity index (χ0) is 17.5. The van der Waals surface area contributed by atoms with Gasteiger partial charge in [0.1, 0.15) is 11.6 Å². The number of amides is 1. The van der Waals surface area contributed by atoms with E-state index in [0.717, 1.165) is 21.6 Å². The van der Waals surface area contributed by atoms with Gasteiger partial charge in [-0.2, -0.15) is 5.26 Å². The second-order valence-electron chi connectivity index (χ2n) is 6.05. The van der Waals surface area contributed by atoms with E-state index in [9.17, 15) is 4.79 Å². The molecule has 3 heterocycles. The molecule has 0 aromatic carbocycles. The van der Waals surface area contributed by atoms with E-state index < -0.39 is 5.54 Å². The van der Waals surface area contributed by atoms with Crippen LogP contribution in [0.2, 0.25) is 0 Å². The molecular formula is C17H17N5OS. The maximum absolute atomic E-state index is 12.2. The van der Waals surface area contributed by atoms with Gasteiger partial charge in [0.2, 0.25) is 5.91 Å². The fraction of sp³-hybridized carbons (Fsp3) is 0.294. The molecule has 1 aliphatic rings. The Hall–Kier alpha value is -2.72.